The van der Waals surface area contributed by atoms with E-state index in [1.807, 2.05) is 0 Å². The molecule has 148 valence electrons. The molecule has 28 heavy (non-hydrogen) atoms. The highest BCUT2D eigenvalue weighted by atomic mass is 32.1. The average Bonchev–Trinajstić information content (AvgIpc) is 3.10. The smallest absolute Gasteiger partial charge is 0.276 e. The second-order valence-corrected chi connectivity index (χ2v) is 8.50. The topological polar surface area (TPSA) is 87.2 Å². The van der Waals surface area contributed by atoms with Crippen molar-refractivity contribution in [1.82, 2.24) is 20.2 Å². The van der Waals surface area contributed by atoms with Gasteiger partial charge in [0.15, 0.2) is 5.13 Å². The Balaban J connectivity index is 1.31. The van der Waals surface area contributed by atoms with Gasteiger partial charge in [0, 0.05) is 36.6 Å². The molecule has 1 saturated carbocycles. The van der Waals surface area contributed by atoms with E-state index in [0.29, 0.717) is 30.0 Å². The molecule has 0 spiro atoms. The van der Waals surface area contributed by atoms with Gasteiger partial charge in [0.2, 0.25) is 5.91 Å². The number of hydrogen-bond acceptors (Lipinski definition) is 6. The van der Waals surface area contributed by atoms with Crippen LogP contribution in [0.15, 0.2) is 24.4 Å². The number of fused-ring (bicyclic) bond motifs is 1. The van der Waals surface area contributed by atoms with Gasteiger partial charge < -0.3 is 5.32 Å². The van der Waals surface area contributed by atoms with Crippen LogP contribution in [0.5, 0.6) is 0 Å². The minimum Gasteiger partial charge on any atom is -0.352 e. The fourth-order valence-corrected chi connectivity index (χ4v) is 4.86. The summed E-state index contributed by atoms with van der Waals surface area (Å²) in [5.74, 6) is -0.140. The summed E-state index contributed by atoms with van der Waals surface area (Å²) < 4.78 is 0. The number of nitrogens with one attached hydrogen (secondary N) is 2. The van der Waals surface area contributed by atoms with Crippen molar-refractivity contribution in [3.05, 3.63) is 40.7 Å². The zero-order chi connectivity index (χ0) is 19.3. The van der Waals surface area contributed by atoms with Crippen LogP contribution in [-0.4, -0.2) is 45.8 Å². The minimum absolute atomic E-state index is 0.114. The predicted molar refractivity (Wildman–Crippen MR) is 108 cm³/mol. The molecule has 8 heteroatoms. The Morgan fingerprint density at radius 2 is 2.07 bits per heavy atom. The Morgan fingerprint density at radius 1 is 1.21 bits per heavy atom. The molecule has 2 aliphatic rings. The number of hydrogen-bond donors (Lipinski definition) is 2. The lowest BCUT2D eigenvalue weighted by molar-refractivity contribution is -0.123. The first kappa shape index (κ1) is 19.0. The number of nitrogens with zero attached hydrogens (tertiary/aromatic N) is 3. The number of aromatic nitrogens is 2. The van der Waals surface area contributed by atoms with Crippen molar-refractivity contribution in [3.8, 4) is 0 Å². The largest absolute Gasteiger partial charge is 0.352 e. The van der Waals surface area contributed by atoms with E-state index in [9.17, 15) is 9.59 Å². The molecule has 0 radical (unpaired) electrons. The molecule has 2 N–H and O–H groups in total. The lowest BCUT2D eigenvalue weighted by atomic mass is 9.95. The maximum atomic E-state index is 12.4. The van der Waals surface area contributed by atoms with Gasteiger partial charge in [0.05, 0.1) is 12.2 Å². The summed E-state index contributed by atoms with van der Waals surface area (Å²) in [6.07, 6.45) is 8.30. The number of anilines is 1. The quantitative estimate of drug-likeness (QED) is 0.807. The van der Waals surface area contributed by atoms with Crippen LogP contribution in [0.4, 0.5) is 5.13 Å². The maximum Gasteiger partial charge on any atom is 0.276 e. The molecule has 3 heterocycles. The van der Waals surface area contributed by atoms with Gasteiger partial charge in [-0.3, -0.25) is 24.8 Å². The summed E-state index contributed by atoms with van der Waals surface area (Å²) in [4.78, 5) is 36.5. The fourth-order valence-electron chi connectivity index (χ4n) is 3.82. The van der Waals surface area contributed by atoms with Crippen LogP contribution in [0.3, 0.4) is 0 Å². The summed E-state index contributed by atoms with van der Waals surface area (Å²) in [6, 6.07) is 5.58. The molecule has 2 aromatic rings. The van der Waals surface area contributed by atoms with E-state index in [-0.39, 0.29) is 11.8 Å². The highest BCUT2D eigenvalue weighted by molar-refractivity contribution is 7.15. The Bertz CT molecular complexity index is 832. The molecule has 0 saturated heterocycles. The molecule has 2 aromatic heterocycles. The van der Waals surface area contributed by atoms with Crippen LogP contribution in [-0.2, 0) is 17.8 Å². The first-order valence-electron chi connectivity index (χ1n) is 9.90. The molecular weight excluding hydrogens is 374 g/mol. The standard InChI is InChI=1S/C20H25N5O2S/c26-18(22-14-6-2-1-3-7-14)13-25-11-9-15-17(12-25)28-20(23-15)24-19(27)16-8-4-5-10-21-16/h4-5,8,10,14H,1-3,6-7,9,11-13H2,(H,22,26)(H,23,24,27). The Labute approximate surface area is 168 Å². The minimum atomic E-state index is -0.254. The SMILES string of the molecule is O=C(CN1CCc2nc(NC(=O)c3ccccn3)sc2C1)NC1CCCCC1. The number of pyridine rings is 1. The molecule has 1 aliphatic carbocycles. The van der Waals surface area contributed by atoms with E-state index in [4.69, 9.17) is 0 Å². The zero-order valence-electron chi connectivity index (χ0n) is 15.8. The fraction of sp³-hybridized carbons (Fsp3) is 0.500. The van der Waals surface area contributed by atoms with Crippen molar-refractivity contribution in [1.29, 1.82) is 0 Å². The van der Waals surface area contributed by atoms with Crippen LogP contribution < -0.4 is 10.6 Å². The van der Waals surface area contributed by atoms with Gasteiger partial charge in [-0.15, -0.1) is 11.3 Å². The first-order chi connectivity index (χ1) is 13.7. The van der Waals surface area contributed by atoms with Crippen LogP contribution in [0.1, 0.15) is 53.2 Å². The van der Waals surface area contributed by atoms with Gasteiger partial charge in [0.1, 0.15) is 5.69 Å². The first-order valence-corrected chi connectivity index (χ1v) is 10.7. The molecule has 0 bridgehead atoms. The number of carbonyl (C=O) groups is 2. The molecule has 1 fully saturated rings. The monoisotopic (exact) mass is 399 g/mol. The molecule has 4 rings (SSSR count). The number of carbonyl (C=O) groups excluding carboxylic acids is 2. The molecule has 1 aliphatic heterocycles. The third kappa shape index (κ3) is 4.74. The van der Waals surface area contributed by atoms with Crippen molar-refractivity contribution < 1.29 is 9.59 Å². The predicted octanol–water partition coefficient (Wildman–Crippen LogP) is 2.60. The van der Waals surface area contributed by atoms with E-state index in [0.717, 1.165) is 36.4 Å². The van der Waals surface area contributed by atoms with Crippen molar-refractivity contribution in [3.63, 3.8) is 0 Å². The summed E-state index contributed by atoms with van der Waals surface area (Å²) in [5, 5.41) is 6.61. The molecular formula is C20H25N5O2S. The second kappa shape index (κ2) is 8.79. The highest BCUT2D eigenvalue weighted by Crippen LogP contribution is 2.28. The van der Waals surface area contributed by atoms with Gasteiger partial charge >= 0.3 is 0 Å². The Hall–Kier alpha value is -2.32. The van der Waals surface area contributed by atoms with Gasteiger partial charge in [-0.1, -0.05) is 25.3 Å². The van der Waals surface area contributed by atoms with E-state index in [2.05, 4.69) is 25.5 Å². The second-order valence-electron chi connectivity index (χ2n) is 7.42. The van der Waals surface area contributed by atoms with E-state index in [1.54, 1.807) is 24.4 Å². The molecule has 2 amide bonds. The Kier molecular flexibility index (Phi) is 5.97. The van der Waals surface area contributed by atoms with Crippen LogP contribution in [0.2, 0.25) is 0 Å². The molecule has 7 nitrogen and oxygen atoms in total. The van der Waals surface area contributed by atoms with E-state index in [1.165, 1.54) is 30.6 Å². The van der Waals surface area contributed by atoms with Crippen molar-refractivity contribution >= 4 is 28.3 Å². The summed E-state index contributed by atoms with van der Waals surface area (Å²) in [7, 11) is 0. The van der Waals surface area contributed by atoms with Gasteiger partial charge in [-0.05, 0) is 25.0 Å². The van der Waals surface area contributed by atoms with Crippen LogP contribution >= 0.6 is 11.3 Å². The third-order valence-corrected chi connectivity index (χ3v) is 6.26. The highest BCUT2D eigenvalue weighted by Gasteiger charge is 2.24. The van der Waals surface area contributed by atoms with Crippen molar-refractivity contribution in [2.75, 3.05) is 18.4 Å². The van der Waals surface area contributed by atoms with E-state index < -0.39 is 0 Å². The van der Waals surface area contributed by atoms with Crippen LogP contribution in [0, 0.1) is 0 Å². The zero-order valence-corrected chi connectivity index (χ0v) is 16.6. The normalized spacial score (nSPS) is 17.7. The average molecular weight is 400 g/mol. The van der Waals surface area contributed by atoms with Gasteiger partial charge in [-0.2, -0.15) is 0 Å². The van der Waals surface area contributed by atoms with Gasteiger partial charge in [-0.25, -0.2) is 4.98 Å². The third-order valence-electron chi connectivity index (χ3n) is 5.27. The lowest BCUT2D eigenvalue weighted by Gasteiger charge is -2.27. The summed E-state index contributed by atoms with van der Waals surface area (Å²) in [6.45, 7) is 1.93. The van der Waals surface area contributed by atoms with Crippen molar-refractivity contribution in [2.24, 2.45) is 0 Å². The molecule has 0 atom stereocenters. The van der Waals surface area contributed by atoms with Crippen LogP contribution in [0.25, 0.3) is 0 Å². The van der Waals surface area contributed by atoms with Gasteiger partial charge in [0.25, 0.3) is 5.91 Å². The maximum absolute atomic E-state index is 12.4. The van der Waals surface area contributed by atoms with E-state index >= 15 is 0 Å². The number of rotatable bonds is 5. The Morgan fingerprint density at radius 3 is 2.86 bits per heavy atom. The lowest BCUT2D eigenvalue weighted by Crippen LogP contribution is -2.44. The summed E-state index contributed by atoms with van der Waals surface area (Å²) in [5.41, 5.74) is 1.39. The number of thiazole rings is 1. The van der Waals surface area contributed by atoms with Crippen molar-refractivity contribution in [2.45, 2.75) is 51.1 Å². The molecule has 0 aromatic carbocycles. The summed E-state index contributed by atoms with van der Waals surface area (Å²) >= 11 is 1.48. The number of amides is 2. The molecule has 0 unspecified atom stereocenters.